The Bertz CT molecular complexity index is 638. The molecule has 1 fully saturated rings. The normalized spacial score (nSPS) is 21.1. The van der Waals surface area contributed by atoms with E-state index >= 15 is 0 Å². The summed E-state index contributed by atoms with van der Waals surface area (Å²) in [6, 6.07) is 13.0. The fourth-order valence-electron chi connectivity index (χ4n) is 2.19. The molecule has 1 aromatic carbocycles. The summed E-state index contributed by atoms with van der Waals surface area (Å²) in [6.45, 7) is 0. The Morgan fingerprint density at radius 3 is 2.80 bits per heavy atom. The van der Waals surface area contributed by atoms with E-state index in [-0.39, 0.29) is 17.0 Å². The van der Waals surface area contributed by atoms with Crippen LogP contribution in [0.4, 0.5) is 4.39 Å². The van der Waals surface area contributed by atoms with Gasteiger partial charge in [-0.25, -0.2) is 5.43 Å². The molecule has 3 rings (SSSR count). The van der Waals surface area contributed by atoms with Gasteiger partial charge in [0, 0.05) is 5.92 Å². The number of thiophene rings is 1. The summed E-state index contributed by atoms with van der Waals surface area (Å²) in [5.41, 5.74) is 3.71. The van der Waals surface area contributed by atoms with Gasteiger partial charge >= 0.3 is 0 Å². The molecule has 2 aromatic rings. The molecule has 0 spiro atoms. The Kier molecular flexibility index (Phi) is 3.60. The molecule has 2 atom stereocenters. The van der Waals surface area contributed by atoms with Gasteiger partial charge in [0.1, 0.15) is 0 Å². The van der Waals surface area contributed by atoms with Crippen LogP contribution < -0.4 is 5.43 Å². The predicted octanol–water partition coefficient (Wildman–Crippen LogP) is 3.14. The minimum atomic E-state index is -0.260. The predicted molar refractivity (Wildman–Crippen MR) is 77.3 cm³/mol. The fraction of sp³-hybridized carbons (Fsp3) is 0.200. The number of carbonyl (C=O) groups is 1. The second-order valence-electron chi connectivity index (χ2n) is 4.74. The molecule has 3 nitrogen and oxygen atoms in total. The zero-order chi connectivity index (χ0) is 13.9. The van der Waals surface area contributed by atoms with Gasteiger partial charge in [0.05, 0.1) is 11.1 Å². The van der Waals surface area contributed by atoms with E-state index in [0.29, 0.717) is 10.8 Å². The lowest BCUT2D eigenvalue weighted by Gasteiger charge is -1.99. The molecule has 0 bridgehead atoms. The SMILES string of the molecule is O=C(N/N=C\c1ccc(F)s1)[C@@H]1C[C@@H]1c1ccccc1. The number of amides is 1. The van der Waals surface area contributed by atoms with E-state index in [9.17, 15) is 9.18 Å². The molecule has 1 aliphatic rings. The minimum absolute atomic E-state index is 0.00498. The van der Waals surface area contributed by atoms with E-state index in [1.165, 1.54) is 17.8 Å². The van der Waals surface area contributed by atoms with Gasteiger partial charge in [-0.15, -0.1) is 11.3 Å². The summed E-state index contributed by atoms with van der Waals surface area (Å²) in [5, 5.41) is 3.60. The van der Waals surface area contributed by atoms with Gasteiger partial charge in [0.15, 0.2) is 5.13 Å². The second kappa shape index (κ2) is 5.54. The Morgan fingerprint density at radius 2 is 2.10 bits per heavy atom. The maximum absolute atomic E-state index is 12.8. The number of carbonyl (C=O) groups excluding carboxylic acids is 1. The maximum atomic E-state index is 12.8. The third-order valence-electron chi connectivity index (χ3n) is 3.32. The highest BCUT2D eigenvalue weighted by molar-refractivity contribution is 7.12. The fourth-order valence-corrected chi connectivity index (χ4v) is 2.80. The Hall–Kier alpha value is -2.01. The molecule has 0 aliphatic heterocycles. The highest BCUT2D eigenvalue weighted by atomic mass is 32.1. The van der Waals surface area contributed by atoms with Crippen molar-refractivity contribution in [1.82, 2.24) is 5.43 Å². The highest BCUT2D eigenvalue weighted by Gasteiger charge is 2.43. The minimum Gasteiger partial charge on any atom is -0.273 e. The van der Waals surface area contributed by atoms with Crippen LogP contribution in [0.2, 0.25) is 0 Å². The molecule has 5 heteroatoms. The molecule has 1 amide bonds. The first-order chi connectivity index (χ1) is 9.74. The van der Waals surface area contributed by atoms with Crippen LogP contribution in [0.25, 0.3) is 0 Å². The lowest BCUT2D eigenvalue weighted by Crippen LogP contribution is -2.19. The van der Waals surface area contributed by atoms with Gasteiger partial charge in [0.2, 0.25) is 5.91 Å². The molecular weight excluding hydrogens is 275 g/mol. The van der Waals surface area contributed by atoms with Crippen LogP contribution in [0.5, 0.6) is 0 Å². The van der Waals surface area contributed by atoms with Crippen molar-refractivity contribution in [3.63, 3.8) is 0 Å². The monoisotopic (exact) mass is 288 g/mol. The van der Waals surface area contributed by atoms with E-state index < -0.39 is 0 Å². The first-order valence-corrected chi connectivity index (χ1v) is 7.19. The number of halogens is 1. The molecule has 0 unspecified atom stereocenters. The number of hydrazone groups is 1. The van der Waals surface area contributed by atoms with E-state index in [4.69, 9.17) is 0 Å². The molecule has 102 valence electrons. The van der Waals surface area contributed by atoms with Crippen LogP contribution in [-0.4, -0.2) is 12.1 Å². The van der Waals surface area contributed by atoms with E-state index in [1.54, 1.807) is 6.07 Å². The standard InChI is InChI=1S/C15H13FN2OS/c16-14-7-6-11(20-14)9-17-18-15(19)13-8-12(13)10-4-2-1-3-5-10/h1-7,9,12-13H,8H2,(H,18,19)/b17-9-/t12-,13-/m1/s1. The second-order valence-corrected chi connectivity index (χ2v) is 5.80. The average Bonchev–Trinajstić information content (AvgIpc) is 3.17. The summed E-state index contributed by atoms with van der Waals surface area (Å²) >= 11 is 0.994. The Labute approximate surface area is 120 Å². The van der Waals surface area contributed by atoms with Crippen molar-refractivity contribution in [3.8, 4) is 0 Å². The van der Waals surface area contributed by atoms with Crippen molar-refractivity contribution in [2.75, 3.05) is 0 Å². The zero-order valence-corrected chi connectivity index (χ0v) is 11.4. The van der Waals surface area contributed by atoms with Gasteiger partial charge in [-0.3, -0.25) is 4.79 Å². The molecule has 0 radical (unpaired) electrons. The van der Waals surface area contributed by atoms with Crippen LogP contribution in [0.1, 0.15) is 22.8 Å². The first-order valence-electron chi connectivity index (χ1n) is 6.37. The lowest BCUT2D eigenvalue weighted by atomic mass is 10.1. The van der Waals surface area contributed by atoms with Crippen molar-refractivity contribution < 1.29 is 9.18 Å². The molecule has 1 aromatic heterocycles. The topological polar surface area (TPSA) is 41.5 Å². The summed E-state index contributed by atoms with van der Waals surface area (Å²) in [5.74, 6) is 0.215. The lowest BCUT2D eigenvalue weighted by molar-refractivity contribution is -0.122. The van der Waals surface area contributed by atoms with Crippen molar-refractivity contribution in [3.05, 3.63) is 58.0 Å². The highest BCUT2D eigenvalue weighted by Crippen LogP contribution is 2.47. The van der Waals surface area contributed by atoms with Crippen molar-refractivity contribution >= 4 is 23.5 Å². The van der Waals surface area contributed by atoms with Crippen LogP contribution in [0.15, 0.2) is 47.6 Å². The van der Waals surface area contributed by atoms with Crippen molar-refractivity contribution in [2.24, 2.45) is 11.0 Å². The maximum Gasteiger partial charge on any atom is 0.243 e. The van der Waals surface area contributed by atoms with Gasteiger partial charge in [-0.2, -0.15) is 9.49 Å². The molecule has 1 aliphatic carbocycles. The number of hydrogen-bond donors (Lipinski definition) is 1. The van der Waals surface area contributed by atoms with Crippen LogP contribution in [0, 0.1) is 11.0 Å². The largest absolute Gasteiger partial charge is 0.273 e. The first kappa shape index (κ1) is 13.0. The van der Waals surface area contributed by atoms with Crippen molar-refractivity contribution in [2.45, 2.75) is 12.3 Å². The van der Waals surface area contributed by atoms with Crippen molar-refractivity contribution in [1.29, 1.82) is 0 Å². The molecule has 20 heavy (non-hydrogen) atoms. The number of nitrogens with one attached hydrogen (secondary N) is 1. The summed E-state index contributed by atoms with van der Waals surface area (Å²) in [6.07, 6.45) is 2.32. The smallest absolute Gasteiger partial charge is 0.243 e. The quantitative estimate of drug-likeness (QED) is 0.681. The third-order valence-corrected chi connectivity index (χ3v) is 4.12. The van der Waals surface area contributed by atoms with Gasteiger partial charge in [-0.05, 0) is 30.0 Å². The van der Waals surface area contributed by atoms with Crippen LogP contribution >= 0.6 is 11.3 Å². The summed E-state index contributed by atoms with van der Waals surface area (Å²) in [7, 11) is 0. The summed E-state index contributed by atoms with van der Waals surface area (Å²) < 4.78 is 12.8. The molecule has 1 heterocycles. The molecular formula is C15H13FN2OS. The average molecular weight is 288 g/mol. The van der Waals surface area contributed by atoms with E-state index in [2.05, 4.69) is 10.5 Å². The Morgan fingerprint density at radius 1 is 1.30 bits per heavy atom. The summed E-state index contributed by atoms with van der Waals surface area (Å²) in [4.78, 5) is 12.6. The molecule has 1 N–H and O–H groups in total. The zero-order valence-electron chi connectivity index (χ0n) is 10.6. The van der Waals surface area contributed by atoms with Gasteiger partial charge < -0.3 is 0 Å². The molecule has 0 saturated heterocycles. The molecule has 1 saturated carbocycles. The van der Waals surface area contributed by atoms with Crippen LogP contribution in [0.3, 0.4) is 0 Å². The van der Waals surface area contributed by atoms with Crippen LogP contribution in [-0.2, 0) is 4.79 Å². The van der Waals surface area contributed by atoms with Gasteiger partial charge in [-0.1, -0.05) is 30.3 Å². The van der Waals surface area contributed by atoms with Gasteiger partial charge in [0.25, 0.3) is 0 Å². The third kappa shape index (κ3) is 2.93. The van der Waals surface area contributed by atoms with E-state index in [0.717, 1.165) is 17.8 Å². The number of benzene rings is 1. The number of rotatable bonds is 4. The van der Waals surface area contributed by atoms with E-state index in [1.807, 2.05) is 30.3 Å². The number of hydrogen-bond acceptors (Lipinski definition) is 3. The Balaban J connectivity index is 1.53. The number of nitrogens with zero attached hydrogens (tertiary/aromatic N) is 1.